The SMILES string of the molecule is CS(=O)(=O)Nc1cc(NC(=O)CC2(CN)CCCCC2)ccc1F. The first-order valence-electron chi connectivity index (χ1n) is 8.00. The standard InChI is InChI=1S/C16H24FN3O3S/c1-24(22,23)20-14-9-12(5-6-13(14)17)19-15(21)10-16(11-18)7-3-2-4-8-16/h5-6,9,20H,2-4,7-8,10-11,18H2,1H3,(H,19,21). The van der Waals surface area contributed by atoms with Gasteiger partial charge in [0.2, 0.25) is 15.9 Å². The number of rotatable bonds is 6. The average Bonchev–Trinajstić information content (AvgIpc) is 2.50. The Labute approximate surface area is 142 Å². The van der Waals surface area contributed by atoms with Gasteiger partial charge in [-0.2, -0.15) is 0 Å². The average molecular weight is 357 g/mol. The van der Waals surface area contributed by atoms with Crippen molar-refractivity contribution in [3.05, 3.63) is 24.0 Å². The highest BCUT2D eigenvalue weighted by molar-refractivity contribution is 7.92. The fourth-order valence-corrected chi connectivity index (χ4v) is 3.74. The van der Waals surface area contributed by atoms with Gasteiger partial charge in [0.05, 0.1) is 11.9 Å². The molecule has 134 valence electrons. The fraction of sp³-hybridized carbons (Fsp3) is 0.562. The molecule has 4 N–H and O–H groups in total. The van der Waals surface area contributed by atoms with Gasteiger partial charge in [-0.15, -0.1) is 0 Å². The molecule has 24 heavy (non-hydrogen) atoms. The van der Waals surface area contributed by atoms with Crippen LogP contribution in [0.5, 0.6) is 0 Å². The molecule has 1 aliphatic carbocycles. The van der Waals surface area contributed by atoms with Gasteiger partial charge in [0.1, 0.15) is 5.82 Å². The summed E-state index contributed by atoms with van der Waals surface area (Å²) < 4.78 is 38.3. The third-order valence-electron chi connectivity index (χ3n) is 4.43. The molecule has 0 radical (unpaired) electrons. The van der Waals surface area contributed by atoms with E-state index in [1.165, 1.54) is 18.6 Å². The summed E-state index contributed by atoms with van der Waals surface area (Å²) in [5.41, 5.74) is 5.87. The summed E-state index contributed by atoms with van der Waals surface area (Å²) in [7, 11) is -3.60. The maximum absolute atomic E-state index is 13.7. The van der Waals surface area contributed by atoms with E-state index >= 15 is 0 Å². The van der Waals surface area contributed by atoms with Crippen LogP contribution in [0.2, 0.25) is 0 Å². The van der Waals surface area contributed by atoms with Gasteiger partial charge in [0, 0.05) is 12.1 Å². The minimum absolute atomic E-state index is 0.170. The van der Waals surface area contributed by atoms with Gasteiger partial charge in [-0.3, -0.25) is 9.52 Å². The summed E-state index contributed by atoms with van der Waals surface area (Å²) >= 11 is 0. The van der Waals surface area contributed by atoms with Crippen LogP contribution in [0, 0.1) is 11.2 Å². The summed E-state index contributed by atoms with van der Waals surface area (Å²) in [6.45, 7) is 0.463. The Morgan fingerprint density at radius 3 is 2.54 bits per heavy atom. The van der Waals surface area contributed by atoms with E-state index in [0.717, 1.165) is 38.0 Å². The lowest BCUT2D eigenvalue weighted by Gasteiger charge is -2.35. The number of carbonyl (C=O) groups is 1. The lowest BCUT2D eigenvalue weighted by molar-refractivity contribution is -0.118. The van der Waals surface area contributed by atoms with Crippen LogP contribution in [0.15, 0.2) is 18.2 Å². The van der Waals surface area contributed by atoms with Gasteiger partial charge in [0.15, 0.2) is 0 Å². The number of hydrogen-bond acceptors (Lipinski definition) is 4. The van der Waals surface area contributed by atoms with Gasteiger partial charge in [-0.25, -0.2) is 12.8 Å². The number of halogens is 1. The molecule has 1 aromatic rings. The predicted octanol–water partition coefficient (Wildman–Crippen LogP) is 2.43. The van der Waals surface area contributed by atoms with E-state index in [-0.39, 0.29) is 17.0 Å². The Morgan fingerprint density at radius 2 is 1.96 bits per heavy atom. The van der Waals surface area contributed by atoms with Crippen molar-refractivity contribution in [1.82, 2.24) is 0 Å². The van der Waals surface area contributed by atoms with Crippen molar-refractivity contribution in [2.45, 2.75) is 38.5 Å². The Kier molecular flexibility index (Phi) is 5.82. The number of carbonyl (C=O) groups excluding carboxylic acids is 1. The second-order valence-corrected chi connectivity index (χ2v) is 8.31. The van der Waals surface area contributed by atoms with Crippen LogP contribution in [0.3, 0.4) is 0 Å². The lowest BCUT2D eigenvalue weighted by Crippen LogP contribution is -2.36. The second kappa shape index (κ2) is 7.48. The number of nitrogens with one attached hydrogen (secondary N) is 2. The number of sulfonamides is 1. The van der Waals surface area contributed by atoms with Crippen LogP contribution in [-0.4, -0.2) is 27.1 Å². The molecular formula is C16H24FN3O3S. The van der Waals surface area contributed by atoms with Crippen LogP contribution in [-0.2, 0) is 14.8 Å². The number of nitrogens with two attached hydrogens (primary N) is 1. The highest BCUT2D eigenvalue weighted by atomic mass is 32.2. The largest absolute Gasteiger partial charge is 0.330 e. The Balaban J connectivity index is 2.07. The van der Waals surface area contributed by atoms with Crippen molar-refractivity contribution >= 4 is 27.3 Å². The molecule has 1 amide bonds. The zero-order valence-corrected chi connectivity index (χ0v) is 14.6. The van der Waals surface area contributed by atoms with Crippen molar-refractivity contribution in [3.63, 3.8) is 0 Å². The topological polar surface area (TPSA) is 101 Å². The summed E-state index contributed by atoms with van der Waals surface area (Å²) in [5.74, 6) is -0.900. The molecule has 0 spiro atoms. The monoisotopic (exact) mass is 357 g/mol. The smallest absolute Gasteiger partial charge is 0.229 e. The molecule has 0 bridgehead atoms. The molecule has 2 rings (SSSR count). The molecule has 0 aliphatic heterocycles. The van der Waals surface area contributed by atoms with E-state index in [2.05, 4.69) is 10.0 Å². The van der Waals surface area contributed by atoms with Crippen molar-refractivity contribution in [2.75, 3.05) is 22.8 Å². The van der Waals surface area contributed by atoms with Crippen molar-refractivity contribution in [2.24, 2.45) is 11.1 Å². The first kappa shape index (κ1) is 18.7. The summed E-state index contributed by atoms with van der Waals surface area (Å²) in [4.78, 5) is 12.3. The molecule has 0 atom stereocenters. The fourth-order valence-electron chi connectivity index (χ4n) is 3.18. The van der Waals surface area contributed by atoms with Crippen LogP contribution < -0.4 is 15.8 Å². The van der Waals surface area contributed by atoms with E-state index in [1.54, 1.807) is 0 Å². The molecule has 1 fully saturated rings. The van der Waals surface area contributed by atoms with Gasteiger partial charge < -0.3 is 11.1 Å². The molecule has 0 aromatic heterocycles. The Bertz CT molecular complexity index is 701. The highest BCUT2D eigenvalue weighted by Gasteiger charge is 2.33. The third kappa shape index (κ3) is 5.17. The van der Waals surface area contributed by atoms with Crippen LogP contribution in [0.4, 0.5) is 15.8 Å². The molecule has 0 heterocycles. The van der Waals surface area contributed by atoms with Gasteiger partial charge >= 0.3 is 0 Å². The normalized spacial score (nSPS) is 17.3. The highest BCUT2D eigenvalue weighted by Crippen LogP contribution is 2.38. The number of hydrogen-bond donors (Lipinski definition) is 3. The van der Waals surface area contributed by atoms with Crippen molar-refractivity contribution in [3.8, 4) is 0 Å². The van der Waals surface area contributed by atoms with Crippen molar-refractivity contribution in [1.29, 1.82) is 0 Å². The molecule has 1 aliphatic rings. The predicted molar refractivity (Wildman–Crippen MR) is 92.7 cm³/mol. The first-order valence-corrected chi connectivity index (χ1v) is 9.89. The van der Waals surface area contributed by atoms with Crippen molar-refractivity contribution < 1.29 is 17.6 Å². The van der Waals surface area contributed by atoms with Crippen LogP contribution >= 0.6 is 0 Å². The molecular weight excluding hydrogens is 333 g/mol. The molecule has 6 nitrogen and oxygen atoms in total. The van der Waals surface area contributed by atoms with Gasteiger partial charge in [-0.05, 0) is 43.0 Å². The molecule has 0 saturated heterocycles. The lowest BCUT2D eigenvalue weighted by atomic mass is 9.71. The second-order valence-electron chi connectivity index (χ2n) is 6.56. The van der Waals surface area contributed by atoms with E-state index in [1.807, 2.05) is 0 Å². The number of amides is 1. The molecule has 1 saturated carbocycles. The summed E-state index contributed by atoms with van der Waals surface area (Å²) in [6, 6.07) is 3.78. The minimum atomic E-state index is -3.60. The van der Waals surface area contributed by atoms with E-state index in [9.17, 15) is 17.6 Å². The van der Waals surface area contributed by atoms with Crippen LogP contribution in [0.1, 0.15) is 38.5 Å². The summed E-state index contributed by atoms with van der Waals surface area (Å²) in [5, 5.41) is 2.71. The molecule has 8 heteroatoms. The van der Waals surface area contributed by atoms with Crippen LogP contribution in [0.25, 0.3) is 0 Å². The Hall–Kier alpha value is -1.67. The maximum atomic E-state index is 13.7. The molecule has 1 aromatic carbocycles. The van der Waals surface area contributed by atoms with E-state index in [4.69, 9.17) is 5.73 Å². The Morgan fingerprint density at radius 1 is 1.29 bits per heavy atom. The number of anilines is 2. The maximum Gasteiger partial charge on any atom is 0.229 e. The van der Waals surface area contributed by atoms with Gasteiger partial charge in [0.25, 0.3) is 0 Å². The van der Waals surface area contributed by atoms with E-state index in [0.29, 0.717) is 18.7 Å². The van der Waals surface area contributed by atoms with E-state index < -0.39 is 15.8 Å². The quantitative estimate of drug-likeness (QED) is 0.728. The number of benzene rings is 1. The third-order valence-corrected chi connectivity index (χ3v) is 5.02. The first-order chi connectivity index (χ1) is 11.2. The molecule has 0 unspecified atom stereocenters. The van der Waals surface area contributed by atoms with Gasteiger partial charge in [-0.1, -0.05) is 19.3 Å². The zero-order chi connectivity index (χ0) is 17.8. The minimum Gasteiger partial charge on any atom is -0.330 e. The summed E-state index contributed by atoms with van der Waals surface area (Å²) in [6.07, 6.45) is 6.43. The zero-order valence-electron chi connectivity index (χ0n) is 13.8.